The lowest BCUT2D eigenvalue weighted by Gasteiger charge is -2.50. The van der Waals surface area contributed by atoms with Gasteiger partial charge in [-0.05, 0) is 54.1 Å². The lowest BCUT2D eigenvalue weighted by atomic mass is 9.93. The van der Waals surface area contributed by atoms with E-state index in [1.165, 1.54) is 17.0 Å². The Kier molecular flexibility index (Phi) is 4.04. The number of nitrogens with zero attached hydrogens (tertiary/aromatic N) is 1. The molecule has 3 aliphatic heterocycles. The van der Waals surface area contributed by atoms with Crippen molar-refractivity contribution in [2.24, 2.45) is 0 Å². The van der Waals surface area contributed by atoms with Crippen molar-refractivity contribution >= 4 is 21.6 Å². The molecule has 5 rings (SSSR count). The van der Waals surface area contributed by atoms with Crippen LogP contribution in [0.3, 0.4) is 0 Å². The predicted octanol–water partition coefficient (Wildman–Crippen LogP) is 2.89. The van der Waals surface area contributed by atoms with Gasteiger partial charge in [-0.3, -0.25) is 0 Å². The highest BCUT2D eigenvalue weighted by molar-refractivity contribution is 9.10. The summed E-state index contributed by atoms with van der Waals surface area (Å²) in [5.74, 6) is 0.736. The fraction of sp³-hybridized carbons (Fsp3) is 0.333. The normalized spacial score (nSPS) is 29.5. The molecule has 2 aromatic carbocycles. The molecule has 0 aromatic heterocycles. The van der Waals surface area contributed by atoms with Gasteiger partial charge in [0, 0.05) is 10.0 Å². The fourth-order valence-electron chi connectivity index (χ4n) is 4.35. The molecule has 0 bridgehead atoms. The van der Waals surface area contributed by atoms with Crippen molar-refractivity contribution in [2.45, 2.75) is 24.6 Å². The number of hydrogen-bond acceptors (Lipinski definition) is 3. The Hall–Kier alpha value is -1.89. The number of hydrazine groups is 1. The predicted molar refractivity (Wildman–Crippen MR) is 105 cm³/mol. The molecular formula is C21H22BrFN3O+. The van der Waals surface area contributed by atoms with Gasteiger partial charge in [0.05, 0.1) is 44.7 Å². The van der Waals surface area contributed by atoms with E-state index in [-0.39, 0.29) is 17.6 Å². The standard InChI is InChI=1S/C21H21BrFN3O/c1-25-10-8-21(9-11-25)26-19(17-12-15(22)4-7-20(17)27-21)13-18(24-26)14-2-5-16(23)6-3-14/h2-7,12-13,19,24H,8-11H2,1H3/p+1. The van der Waals surface area contributed by atoms with Crippen molar-refractivity contribution in [2.75, 3.05) is 20.1 Å². The first-order valence-electron chi connectivity index (χ1n) is 9.38. The molecule has 27 heavy (non-hydrogen) atoms. The van der Waals surface area contributed by atoms with Crippen LogP contribution in [-0.2, 0) is 0 Å². The summed E-state index contributed by atoms with van der Waals surface area (Å²) in [5.41, 5.74) is 6.36. The maximum absolute atomic E-state index is 13.4. The minimum atomic E-state index is -0.358. The van der Waals surface area contributed by atoms with Gasteiger partial charge in [-0.25, -0.2) is 4.39 Å². The van der Waals surface area contributed by atoms with Gasteiger partial charge in [-0.15, -0.1) is 0 Å². The van der Waals surface area contributed by atoms with E-state index in [0.717, 1.165) is 53.0 Å². The summed E-state index contributed by atoms with van der Waals surface area (Å²) in [6.07, 6.45) is 4.15. The van der Waals surface area contributed by atoms with Crippen LogP contribution in [0.5, 0.6) is 5.75 Å². The third-order valence-electron chi connectivity index (χ3n) is 5.91. The summed E-state index contributed by atoms with van der Waals surface area (Å²) in [6.45, 7) is 2.14. The Morgan fingerprint density at radius 2 is 1.93 bits per heavy atom. The van der Waals surface area contributed by atoms with Gasteiger partial charge in [0.2, 0.25) is 0 Å². The first-order chi connectivity index (χ1) is 13.0. The van der Waals surface area contributed by atoms with Gasteiger partial charge < -0.3 is 15.1 Å². The molecule has 0 aliphatic carbocycles. The number of halogens is 2. The highest BCUT2D eigenvalue weighted by Crippen LogP contribution is 2.48. The van der Waals surface area contributed by atoms with Gasteiger partial charge in [0.25, 0.3) is 0 Å². The molecule has 2 N–H and O–H groups in total. The van der Waals surface area contributed by atoms with Gasteiger partial charge in [0.15, 0.2) is 5.72 Å². The van der Waals surface area contributed by atoms with Crippen LogP contribution in [0, 0.1) is 5.82 Å². The molecule has 1 unspecified atom stereocenters. The zero-order valence-corrected chi connectivity index (χ0v) is 16.7. The van der Waals surface area contributed by atoms with Crippen molar-refractivity contribution in [1.29, 1.82) is 0 Å². The number of rotatable bonds is 1. The number of piperidine rings is 1. The number of fused-ring (bicyclic) bond motifs is 4. The third kappa shape index (κ3) is 2.87. The number of quaternary nitrogens is 1. The molecule has 1 spiro atoms. The summed E-state index contributed by atoms with van der Waals surface area (Å²) < 4.78 is 21.0. The van der Waals surface area contributed by atoms with Crippen LogP contribution in [0.4, 0.5) is 4.39 Å². The van der Waals surface area contributed by atoms with Gasteiger partial charge in [-0.2, -0.15) is 5.01 Å². The Labute approximate surface area is 166 Å². The fourth-order valence-corrected chi connectivity index (χ4v) is 4.73. The Bertz CT molecular complexity index is 906. The van der Waals surface area contributed by atoms with Crippen molar-refractivity contribution < 1.29 is 14.0 Å². The highest BCUT2D eigenvalue weighted by atomic mass is 79.9. The molecule has 1 fully saturated rings. The van der Waals surface area contributed by atoms with E-state index in [4.69, 9.17) is 4.74 Å². The van der Waals surface area contributed by atoms with Crippen LogP contribution >= 0.6 is 15.9 Å². The van der Waals surface area contributed by atoms with Crippen molar-refractivity contribution in [1.82, 2.24) is 10.4 Å². The second-order valence-corrected chi connectivity index (χ2v) is 8.62. The zero-order chi connectivity index (χ0) is 18.6. The zero-order valence-electron chi connectivity index (χ0n) is 15.1. The summed E-state index contributed by atoms with van der Waals surface area (Å²) in [6, 6.07) is 13.0. The van der Waals surface area contributed by atoms with Crippen molar-refractivity contribution in [3.05, 3.63) is 70.0 Å². The van der Waals surface area contributed by atoms with Crippen molar-refractivity contribution in [3.8, 4) is 5.75 Å². The number of likely N-dealkylation sites (tertiary alicyclic amines) is 1. The minimum absolute atomic E-state index is 0.0877. The maximum atomic E-state index is 13.4. The quantitative estimate of drug-likeness (QED) is 0.728. The van der Waals surface area contributed by atoms with Crippen LogP contribution < -0.4 is 15.1 Å². The van der Waals surface area contributed by atoms with Gasteiger partial charge in [0.1, 0.15) is 11.6 Å². The van der Waals surface area contributed by atoms with Gasteiger partial charge >= 0.3 is 0 Å². The topological polar surface area (TPSA) is 28.9 Å². The van der Waals surface area contributed by atoms with Gasteiger partial charge in [-0.1, -0.05) is 15.9 Å². The molecule has 0 saturated carbocycles. The highest BCUT2D eigenvalue weighted by Gasteiger charge is 2.52. The Morgan fingerprint density at radius 1 is 1.19 bits per heavy atom. The molecule has 0 amide bonds. The van der Waals surface area contributed by atoms with E-state index in [1.807, 2.05) is 18.2 Å². The molecule has 140 valence electrons. The number of benzene rings is 2. The smallest absolute Gasteiger partial charge is 0.191 e. The summed E-state index contributed by atoms with van der Waals surface area (Å²) in [4.78, 5) is 1.54. The minimum Gasteiger partial charge on any atom is -0.470 e. The summed E-state index contributed by atoms with van der Waals surface area (Å²) >= 11 is 3.59. The second kappa shape index (κ2) is 6.33. The van der Waals surface area contributed by atoms with E-state index in [1.54, 1.807) is 0 Å². The molecule has 3 heterocycles. The maximum Gasteiger partial charge on any atom is 0.191 e. The van der Waals surface area contributed by atoms with E-state index < -0.39 is 0 Å². The van der Waals surface area contributed by atoms with Crippen LogP contribution in [0.25, 0.3) is 5.70 Å². The van der Waals surface area contributed by atoms with Crippen LogP contribution in [0.2, 0.25) is 0 Å². The number of hydrogen-bond donors (Lipinski definition) is 2. The first-order valence-corrected chi connectivity index (χ1v) is 10.2. The Morgan fingerprint density at radius 3 is 2.67 bits per heavy atom. The van der Waals surface area contributed by atoms with E-state index in [9.17, 15) is 4.39 Å². The monoisotopic (exact) mass is 430 g/mol. The molecule has 4 nitrogen and oxygen atoms in total. The molecule has 2 aromatic rings. The van der Waals surface area contributed by atoms with Crippen molar-refractivity contribution in [3.63, 3.8) is 0 Å². The lowest BCUT2D eigenvalue weighted by Crippen LogP contribution is -3.11. The average Bonchev–Trinajstić information content (AvgIpc) is 3.12. The molecule has 1 saturated heterocycles. The summed E-state index contributed by atoms with van der Waals surface area (Å²) in [7, 11) is 2.23. The molecular weight excluding hydrogens is 409 g/mol. The van der Waals surface area contributed by atoms with Crippen LogP contribution in [-0.4, -0.2) is 30.9 Å². The molecule has 3 aliphatic rings. The Balaban J connectivity index is 1.58. The van der Waals surface area contributed by atoms with E-state index >= 15 is 0 Å². The lowest BCUT2D eigenvalue weighted by molar-refractivity contribution is -0.888. The molecule has 1 atom stereocenters. The SMILES string of the molecule is C[NH+]1CCC2(CC1)Oc1ccc(Br)cc1C1C=C(c3ccc(F)cc3)NN12. The first kappa shape index (κ1) is 17.2. The van der Waals surface area contributed by atoms with E-state index in [2.05, 4.69) is 51.6 Å². The largest absolute Gasteiger partial charge is 0.470 e. The average molecular weight is 431 g/mol. The van der Waals surface area contributed by atoms with Crippen LogP contribution in [0.15, 0.2) is 53.0 Å². The van der Waals surface area contributed by atoms with Crippen LogP contribution in [0.1, 0.15) is 30.0 Å². The number of nitrogens with one attached hydrogen (secondary N) is 2. The second-order valence-electron chi connectivity index (χ2n) is 7.70. The van der Waals surface area contributed by atoms with E-state index in [0.29, 0.717) is 0 Å². The summed E-state index contributed by atoms with van der Waals surface area (Å²) in [5, 5.41) is 2.27. The molecule has 6 heteroatoms. The molecule has 0 radical (unpaired) electrons. The number of ether oxygens (including phenoxy) is 1. The third-order valence-corrected chi connectivity index (χ3v) is 6.41.